The number of phenolic OH excluding ortho intramolecular Hbond substituents is 1. The summed E-state index contributed by atoms with van der Waals surface area (Å²) in [5, 5.41) is 27.0. The lowest BCUT2D eigenvalue weighted by atomic mass is 10.3. The number of hydrogen-bond donors (Lipinski definition) is 2. The zero-order valence-electron chi connectivity index (χ0n) is 10.1. The Balaban J connectivity index is 2.38. The van der Waals surface area contributed by atoms with Crippen LogP contribution in [-0.4, -0.2) is 28.6 Å². The Morgan fingerprint density at radius 2 is 1.95 bits per heavy atom. The molecule has 0 spiro atoms. The molecule has 2 N–H and O–H groups in total. The first-order valence-electron chi connectivity index (χ1n) is 5.29. The number of benzene rings is 1. The molecule has 0 aliphatic heterocycles. The van der Waals surface area contributed by atoms with Gasteiger partial charge in [-0.2, -0.15) is 0 Å². The highest BCUT2D eigenvalue weighted by Crippen LogP contribution is 2.28. The first kappa shape index (κ1) is 14.9. The lowest BCUT2D eigenvalue weighted by molar-refractivity contribution is -0.386. The number of halogens is 1. The maximum absolute atomic E-state index is 12.1. The molecule has 9 nitrogen and oxygen atoms in total. The highest BCUT2D eigenvalue weighted by atomic mass is 35.5. The Labute approximate surface area is 123 Å². The number of nitro groups is 1. The van der Waals surface area contributed by atoms with Crippen molar-refractivity contribution in [3.8, 4) is 5.75 Å². The molecule has 21 heavy (non-hydrogen) atoms. The summed E-state index contributed by atoms with van der Waals surface area (Å²) in [4.78, 5) is 9.40. The van der Waals surface area contributed by atoms with Crippen LogP contribution in [0.4, 0.5) is 11.5 Å². The molecule has 0 saturated heterocycles. The molecule has 2 rings (SSSR count). The molecule has 0 saturated carbocycles. The maximum atomic E-state index is 12.1. The van der Waals surface area contributed by atoms with Gasteiger partial charge in [0.05, 0.1) is 9.82 Å². The molecule has 11 heteroatoms. The van der Waals surface area contributed by atoms with Crippen LogP contribution in [0.5, 0.6) is 5.75 Å². The number of phenols is 1. The van der Waals surface area contributed by atoms with Crippen LogP contribution in [0.15, 0.2) is 35.2 Å². The second-order valence-electron chi connectivity index (χ2n) is 3.75. The number of anilines is 1. The van der Waals surface area contributed by atoms with E-state index in [-0.39, 0.29) is 11.0 Å². The van der Waals surface area contributed by atoms with Crippen molar-refractivity contribution < 1.29 is 18.4 Å². The summed E-state index contributed by atoms with van der Waals surface area (Å²) in [6.45, 7) is 0. The fourth-order valence-electron chi connectivity index (χ4n) is 1.38. The van der Waals surface area contributed by atoms with Gasteiger partial charge in [-0.3, -0.25) is 14.8 Å². The molecule has 0 aliphatic carbocycles. The van der Waals surface area contributed by atoms with E-state index >= 15 is 0 Å². The molecular formula is C10H7ClN4O5S. The van der Waals surface area contributed by atoms with Crippen LogP contribution >= 0.6 is 11.6 Å². The minimum Gasteiger partial charge on any atom is -0.502 e. The smallest absolute Gasteiger partial charge is 0.312 e. The van der Waals surface area contributed by atoms with Gasteiger partial charge in [0.1, 0.15) is 0 Å². The van der Waals surface area contributed by atoms with Crippen molar-refractivity contribution in [3.05, 3.63) is 45.6 Å². The van der Waals surface area contributed by atoms with Gasteiger partial charge < -0.3 is 5.11 Å². The minimum absolute atomic E-state index is 0.0817. The van der Waals surface area contributed by atoms with Gasteiger partial charge in [-0.05, 0) is 24.3 Å². The largest absolute Gasteiger partial charge is 0.502 e. The number of aromatic hydroxyl groups is 1. The zero-order valence-corrected chi connectivity index (χ0v) is 11.7. The summed E-state index contributed by atoms with van der Waals surface area (Å²) < 4.78 is 26.2. The van der Waals surface area contributed by atoms with Crippen LogP contribution in [-0.2, 0) is 10.0 Å². The van der Waals surface area contributed by atoms with Crippen molar-refractivity contribution in [2.24, 2.45) is 0 Å². The average molecular weight is 331 g/mol. The van der Waals surface area contributed by atoms with Gasteiger partial charge in [-0.15, -0.1) is 10.2 Å². The molecule has 0 aliphatic rings. The number of nitrogens with one attached hydrogen (secondary N) is 1. The second-order valence-corrected chi connectivity index (χ2v) is 5.82. The monoisotopic (exact) mass is 330 g/mol. The van der Waals surface area contributed by atoms with Gasteiger partial charge in [-0.1, -0.05) is 11.6 Å². The van der Waals surface area contributed by atoms with Gasteiger partial charge in [0.25, 0.3) is 10.0 Å². The van der Waals surface area contributed by atoms with E-state index < -0.39 is 31.3 Å². The average Bonchev–Trinajstić information content (AvgIpc) is 2.41. The summed E-state index contributed by atoms with van der Waals surface area (Å²) in [5.41, 5.74) is -0.722. The van der Waals surface area contributed by atoms with E-state index in [0.717, 1.165) is 18.2 Å². The van der Waals surface area contributed by atoms with Crippen LogP contribution in [0, 0.1) is 10.1 Å². The molecule has 0 unspecified atom stereocenters. The first-order valence-corrected chi connectivity index (χ1v) is 7.15. The lowest BCUT2D eigenvalue weighted by Gasteiger charge is -2.07. The molecule has 1 heterocycles. The predicted molar refractivity (Wildman–Crippen MR) is 72.6 cm³/mol. The summed E-state index contributed by atoms with van der Waals surface area (Å²) in [6, 6.07) is 5.28. The molecule has 0 radical (unpaired) electrons. The van der Waals surface area contributed by atoms with E-state index in [9.17, 15) is 23.6 Å². The second kappa shape index (κ2) is 5.50. The normalized spacial score (nSPS) is 11.1. The maximum Gasteiger partial charge on any atom is 0.312 e. The van der Waals surface area contributed by atoms with E-state index in [1.165, 1.54) is 12.1 Å². The molecule has 1 aromatic heterocycles. The Morgan fingerprint density at radius 3 is 2.52 bits per heavy atom. The Kier molecular flexibility index (Phi) is 3.91. The summed E-state index contributed by atoms with van der Waals surface area (Å²) in [7, 11) is -4.11. The fraction of sp³-hybridized carbons (Fsp3) is 0. The highest BCUT2D eigenvalue weighted by molar-refractivity contribution is 7.92. The zero-order chi connectivity index (χ0) is 15.6. The third-order valence-electron chi connectivity index (χ3n) is 2.32. The lowest BCUT2D eigenvalue weighted by Crippen LogP contribution is -2.14. The molecule has 0 bridgehead atoms. The van der Waals surface area contributed by atoms with Crippen LogP contribution in [0.1, 0.15) is 0 Å². The quantitative estimate of drug-likeness (QED) is 0.641. The summed E-state index contributed by atoms with van der Waals surface area (Å²) >= 11 is 5.52. The van der Waals surface area contributed by atoms with Crippen molar-refractivity contribution in [3.63, 3.8) is 0 Å². The molecule has 2 aromatic rings. The van der Waals surface area contributed by atoms with Crippen LogP contribution in [0.25, 0.3) is 0 Å². The van der Waals surface area contributed by atoms with Gasteiger partial charge in [0, 0.05) is 6.07 Å². The van der Waals surface area contributed by atoms with Crippen molar-refractivity contribution in [2.75, 3.05) is 4.72 Å². The van der Waals surface area contributed by atoms with Crippen molar-refractivity contribution in [1.29, 1.82) is 0 Å². The minimum atomic E-state index is -4.11. The predicted octanol–water partition coefficient (Wildman–Crippen LogP) is 1.54. The van der Waals surface area contributed by atoms with Crippen molar-refractivity contribution in [2.45, 2.75) is 4.90 Å². The molecule has 110 valence electrons. The van der Waals surface area contributed by atoms with Gasteiger partial charge in [0.15, 0.2) is 16.7 Å². The van der Waals surface area contributed by atoms with E-state index in [1.807, 2.05) is 0 Å². The topological polar surface area (TPSA) is 135 Å². The number of nitrogens with zero attached hydrogens (tertiary/aromatic N) is 3. The highest BCUT2D eigenvalue weighted by Gasteiger charge is 2.21. The van der Waals surface area contributed by atoms with E-state index in [2.05, 4.69) is 14.9 Å². The van der Waals surface area contributed by atoms with Gasteiger partial charge in [0.2, 0.25) is 0 Å². The Hall–Kier alpha value is -2.46. The van der Waals surface area contributed by atoms with Crippen LogP contribution in [0.3, 0.4) is 0 Å². The third-order valence-corrected chi connectivity index (χ3v) is 3.88. The molecular weight excluding hydrogens is 324 g/mol. The molecule has 0 fully saturated rings. The number of rotatable bonds is 4. The van der Waals surface area contributed by atoms with Crippen molar-refractivity contribution >= 4 is 33.1 Å². The molecule has 0 amide bonds. The number of sulfonamides is 1. The number of aromatic nitrogens is 2. The first-order chi connectivity index (χ1) is 9.79. The SMILES string of the molecule is O=[N+]([O-])c1cc(S(=O)(=O)Nc2ccc(Cl)nn2)ccc1O. The van der Waals surface area contributed by atoms with Gasteiger partial charge in [-0.25, -0.2) is 8.42 Å². The number of hydrogen-bond acceptors (Lipinski definition) is 7. The molecule has 1 aromatic carbocycles. The van der Waals surface area contributed by atoms with E-state index in [4.69, 9.17) is 11.6 Å². The third kappa shape index (κ3) is 3.35. The van der Waals surface area contributed by atoms with Crippen LogP contribution < -0.4 is 4.72 Å². The van der Waals surface area contributed by atoms with Crippen molar-refractivity contribution in [1.82, 2.24) is 10.2 Å². The van der Waals surface area contributed by atoms with Crippen LogP contribution in [0.2, 0.25) is 5.15 Å². The fourth-order valence-corrected chi connectivity index (χ4v) is 2.50. The summed E-state index contributed by atoms with van der Waals surface area (Å²) in [5.74, 6) is -0.736. The van der Waals surface area contributed by atoms with E-state index in [1.54, 1.807) is 0 Å². The summed E-state index contributed by atoms with van der Waals surface area (Å²) in [6.07, 6.45) is 0. The number of nitro benzene ring substituents is 1. The molecule has 0 atom stereocenters. The van der Waals surface area contributed by atoms with Gasteiger partial charge >= 0.3 is 5.69 Å². The Bertz CT molecular complexity index is 794. The Morgan fingerprint density at radius 1 is 1.24 bits per heavy atom. The standard InChI is InChI=1S/C10H7ClN4O5S/c11-9-3-4-10(13-12-9)14-21(19,20)6-1-2-8(16)7(5-6)15(17)18/h1-5,16H,(H,13,14). The van der Waals surface area contributed by atoms with E-state index in [0.29, 0.717) is 0 Å².